The molecule has 0 amide bonds. The quantitative estimate of drug-likeness (QED) is 0.542. The topological polar surface area (TPSA) is 0 Å². The fourth-order valence-electron chi connectivity index (χ4n) is 0.422. The van der Waals surface area contributed by atoms with E-state index >= 15 is 0 Å². The van der Waals surface area contributed by atoms with Gasteiger partial charge in [0.1, 0.15) is 0 Å². The van der Waals surface area contributed by atoms with Gasteiger partial charge < -0.3 is 0 Å². The maximum atomic E-state index is 3.40. The van der Waals surface area contributed by atoms with Gasteiger partial charge in [0.2, 0.25) is 0 Å². The monoisotopic (exact) mass is 298 g/mol. The molecule has 0 spiro atoms. The summed E-state index contributed by atoms with van der Waals surface area (Å²) >= 11 is 1.79. The predicted molar refractivity (Wildman–Crippen MR) is 50.9 cm³/mol. The van der Waals surface area contributed by atoms with E-state index in [9.17, 15) is 0 Å². The molecule has 2 heteroatoms. The van der Waals surface area contributed by atoms with Crippen LogP contribution in [0.25, 0.3) is 0 Å². The van der Waals surface area contributed by atoms with Crippen molar-refractivity contribution in [1.29, 1.82) is 0 Å². The van der Waals surface area contributed by atoms with Crippen molar-refractivity contribution in [3.8, 4) is 0 Å². The molecule has 0 aromatic heterocycles. The van der Waals surface area contributed by atoms with Crippen molar-refractivity contribution in [3.63, 3.8) is 0 Å². The first kappa shape index (κ1) is 10.0. The van der Waals surface area contributed by atoms with Crippen LogP contribution in [0.4, 0.5) is 0 Å². The molecule has 0 aliphatic rings. The predicted octanol–water partition coefficient (Wildman–Crippen LogP) is 3.21. The Kier molecular flexibility index (Phi) is 4.47. The zero-order valence-corrected chi connectivity index (χ0v) is 11.1. The molecule has 0 fully saturated rings. The van der Waals surface area contributed by atoms with Gasteiger partial charge in [0.05, 0.1) is 0 Å². The second-order valence-corrected chi connectivity index (χ2v) is 19.0. The molecule has 0 nitrogen and oxygen atoms in total. The number of allylic oxidation sites excluding steroid dienone is 2. The van der Waals surface area contributed by atoms with E-state index < -0.39 is 18.4 Å². The van der Waals surface area contributed by atoms with Crippen molar-refractivity contribution >= 4 is 34.3 Å². The van der Waals surface area contributed by atoms with E-state index in [4.69, 9.17) is 0 Å². The van der Waals surface area contributed by atoms with Crippen LogP contribution >= 0.6 is 15.9 Å². The Labute approximate surface area is 70.7 Å². The van der Waals surface area contributed by atoms with Gasteiger partial charge in [0, 0.05) is 0 Å². The first-order valence-electron chi connectivity index (χ1n) is 3.21. The second-order valence-electron chi connectivity index (χ2n) is 3.29. The van der Waals surface area contributed by atoms with Crippen LogP contribution in [0.1, 0.15) is 6.92 Å². The molecular weight excluding hydrogens is 283 g/mol. The second kappa shape index (κ2) is 4.01. The molecule has 0 aromatic carbocycles. The van der Waals surface area contributed by atoms with Gasteiger partial charge in [0.25, 0.3) is 0 Å². The van der Waals surface area contributed by atoms with E-state index in [1.54, 1.807) is 3.59 Å². The minimum atomic E-state index is -1.61. The summed E-state index contributed by atoms with van der Waals surface area (Å²) in [7, 11) is 0. The van der Waals surface area contributed by atoms with E-state index in [1.807, 2.05) is 0 Å². The molecule has 0 saturated carbocycles. The molecule has 0 radical (unpaired) electrons. The number of halogens is 1. The van der Waals surface area contributed by atoms with Gasteiger partial charge in [0.15, 0.2) is 0 Å². The molecule has 0 rings (SSSR count). The fourth-order valence-corrected chi connectivity index (χ4v) is 3.80. The van der Waals surface area contributed by atoms with Crippen molar-refractivity contribution in [2.75, 3.05) is 5.33 Å². The molecule has 54 valence electrons. The van der Waals surface area contributed by atoms with Crippen LogP contribution in [-0.2, 0) is 0 Å². The van der Waals surface area contributed by atoms with Crippen LogP contribution in [0.5, 0.6) is 0 Å². The molecule has 0 heterocycles. The van der Waals surface area contributed by atoms with Gasteiger partial charge in [-0.05, 0) is 0 Å². The van der Waals surface area contributed by atoms with E-state index in [1.165, 1.54) is 0 Å². The van der Waals surface area contributed by atoms with Crippen LogP contribution in [-0.4, -0.2) is 23.7 Å². The van der Waals surface area contributed by atoms with E-state index in [-0.39, 0.29) is 0 Å². The van der Waals surface area contributed by atoms with E-state index in [0.717, 1.165) is 5.33 Å². The molecule has 0 aliphatic heterocycles. The van der Waals surface area contributed by atoms with Crippen molar-refractivity contribution < 1.29 is 0 Å². The number of rotatable bonds is 2. The Balaban J connectivity index is 4.03. The Bertz CT molecular complexity index is 111. The van der Waals surface area contributed by atoms with Gasteiger partial charge in [-0.15, -0.1) is 0 Å². The molecule has 0 aromatic rings. The van der Waals surface area contributed by atoms with Crippen LogP contribution in [0.2, 0.25) is 14.8 Å². The van der Waals surface area contributed by atoms with Gasteiger partial charge in [-0.1, -0.05) is 0 Å². The zero-order valence-electron chi connectivity index (χ0n) is 6.66. The van der Waals surface area contributed by atoms with Crippen molar-refractivity contribution in [3.05, 3.63) is 9.67 Å². The Morgan fingerprint density at radius 3 is 2.00 bits per heavy atom. The molecule has 0 unspecified atom stereocenters. The summed E-state index contributed by atoms with van der Waals surface area (Å²) in [5.41, 5.74) is 0. The molecule has 0 saturated heterocycles. The van der Waals surface area contributed by atoms with Gasteiger partial charge in [-0.3, -0.25) is 0 Å². The third-order valence-electron chi connectivity index (χ3n) is 1.57. The van der Waals surface area contributed by atoms with Gasteiger partial charge >= 0.3 is 71.0 Å². The minimum absolute atomic E-state index is 1.02. The maximum absolute atomic E-state index is 3.40. The Hall–Kier alpha value is 1.02. The molecule has 0 N–H and O–H groups in total. The van der Waals surface area contributed by atoms with Crippen molar-refractivity contribution in [2.24, 2.45) is 0 Å². The average Bonchev–Trinajstić information content (AvgIpc) is 1.64. The summed E-state index contributed by atoms with van der Waals surface area (Å²) in [6, 6.07) is 0. The number of alkyl halides is 1. The van der Waals surface area contributed by atoms with Crippen molar-refractivity contribution in [1.82, 2.24) is 0 Å². The zero-order chi connectivity index (χ0) is 7.49. The first-order chi connectivity index (χ1) is 3.98. The summed E-state index contributed by atoms with van der Waals surface area (Å²) < 4.78 is 1.65. The Morgan fingerprint density at radius 1 is 1.44 bits per heavy atom. The van der Waals surface area contributed by atoms with E-state index in [2.05, 4.69) is 43.7 Å². The SMILES string of the molecule is C/[C](=C/CBr)[Sn]([CH3])([CH3])[CH3]. The molecular formula is C7H15BrSn. The molecule has 0 atom stereocenters. The molecule has 9 heavy (non-hydrogen) atoms. The van der Waals surface area contributed by atoms with Crippen LogP contribution in [0.15, 0.2) is 9.67 Å². The van der Waals surface area contributed by atoms with Gasteiger partial charge in [-0.25, -0.2) is 0 Å². The average molecular weight is 298 g/mol. The molecule has 0 aliphatic carbocycles. The number of hydrogen-bond acceptors (Lipinski definition) is 0. The summed E-state index contributed by atoms with van der Waals surface area (Å²) in [6.07, 6.45) is 2.30. The van der Waals surface area contributed by atoms with Crippen LogP contribution < -0.4 is 0 Å². The summed E-state index contributed by atoms with van der Waals surface area (Å²) in [4.78, 5) is 7.30. The summed E-state index contributed by atoms with van der Waals surface area (Å²) in [5.74, 6) is 0. The third-order valence-corrected chi connectivity index (χ3v) is 9.23. The number of hydrogen-bond donors (Lipinski definition) is 0. The van der Waals surface area contributed by atoms with Gasteiger partial charge in [-0.2, -0.15) is 0 Å². The third kappa shape index (κ3) is 4.43. The van der Waals surface area contributed by atoms with E-state index in [0.29, 0.717) is 0 Å². The van der Waals surface area contributed by atoms with Crippen molar-refractivity contribution in [2.45, 2.75) is 21.7 Å². The normalized spacial score (nSPS) is 14.1. The van der Waals surface area contributed by atoms with Crippen LogP contribution in [0.3, 0.4) is 0 Å². The standard InChI is InChI=1S/C4H6Br.3CH3.Sn/c1-2-3-4-5;;;;/h3H,4H2,1H3;3*1H3;. The summed E-state index contributed by atoms with van der Waals surface area (Å²) in [5, 5.41) is 1.02. The Morgan fingerprint density at radius 2 is 1.89 bits per heavy atom. The fraction of sp³-hybridized carbons (Fsp3) is 0.714. The first-order valence-corrected chi connectivity index (χ1v) is 14.3. The molecule has 0 bridgehead atoms. The summed E-state index contributed by atoms with van der Waals surface area (Å²) in [6.45, 7) is 2.26. The van der Waals surface area contributed by atoms with Crippen LogP contribution in [0, 0.1) is 0 Å².